The molecule has 5 heteroatoms. The van der Waals surface area contributed by atoms with Crippen LogP contribution >= 0.6 is 0 Å². The summed E-state index contributed by atoms with van der Waals surface area (Å²) in [6.07, 6.45) is 1.59. The van der Waals surface area contributed by atoms with E-state index in [1.165, 1.54) is 7.11 Å². The fourth-order valence-corrected chi connectivity index (χ4v) is 0.854. The van der Waals surface area contributed by atoms with Gasteiger partial charge in [0, 0.05) is 19.0 Å². The molecule has 15 heavy (non-hydrogen) atoms. The van der Waals surface area contributed by atoms with Gasteiger partial charge < -0.3 is 4.74 Å². The molecule has 0 fully saturated rings. The Bertz CT molecular complexity index is 363. The SMILES string of the molecule is COC(C)(C)C(=O)Nc1nccc(C)n1. The van der Waals surface area contributed by atoms with Gasteiger partial charge in [-0.3, -0.25) is 10.1 Å². The molecule has 0 atom stereocenters. The molecule has 0 saturated heterocycles. The number of rotatable bonds is 3. The summed E-state index contributed by atoms with van der Waals surface area (Å²) in [6, 6.07) is 1.76. The molecule has 0 unspecified atom stereocenters. The van der Waals surface area contributed by atoms with Gasteiger partial charge in [0.1, 0.15) is 5.60 Å². The fourth-order valence-electron chi connectivity index (χ4n) is 0.854. The minimum absolute atomic E-state index is 0.268. The number of amides is 1. The van der Waals surface area contributed by atoms with Crippen LogP contribution in [0.1, 0.15) is 19.5 Å². The third-order valence-electron chi connectivity index (χ3n) is 2.08. The number of ether oxygens (including phenoxy) is 1. The minimum Gasteiger partial charge on any atom is -0.369 e. The summed E-state index contributed by atoms with van der Waals surface area (Å²) in [5, 5.41) is 2.59. The zero-order valence-corrected chi connectivity index (χ0v) is 9.37. The molecule has 1 rings (SSSR count). The highest BCUT2D eigenvalue weighted by Gasteiger charge is 2.27. The average molecular weight is 209 g/mol. The Balaban J connectivity index is 2.75. The van der Waals surface area contributed by atoms with Crippen molar-refractivity contribution in [1.82, 2.24) is 9.97 Å². The highest BCUT2D eigenvalue weighted by atomic mass is 16.5. The van der Waals surface area contributed by atoms with Gasteiger partial charge in [0.2, 0.25) is 5.95 Å². The van der Waals surface area contributed by atoms with Gasteiger partial charge in [0.25, 0.3) is 5.91 Å². The number of anilines is 1. The minimum atomic E-state index is -0.882. The Morgan fingerprint density at radius 3 is 2.73 bits per heavy atom. The van der Waals surface area contributed by atoms with E-state index in [0.717, 1.165) is 5.69 Å². The first-order chi connectivity index (χ1) is 6.95. The molecule has 1 heterocycles. The molecule has 0 spiro atoms. The molecule has 0 saturated carbocycles. The summed E-state index contributed by atoms with van der Waals surface area (Å²) in [5.41, 5.74) is -0.0804. The molecular weight excluding hydrogens is 194 g/mol. The molecule has 1 aromatic heterocycles. The molecule has 0 aromatic carbocycles. The lowest BCUT2D eigenvalue weighted by Crippen LogP contribution is -2.39. The molecule has 5 nitrogen and oxygen atoms in total. The van der Waals surface area contributed by atoms with Crippen LogP contribution < -0.4 is 5.32 Å². The van der Waals surface area contributed by atoms with E-state index in [2.05, 4.69) is 15.3 Å². The maximum Gasteiger partial charge on any atom is 0.258 e. The first-order valence-electron chi connectivity index (χ1n) is 4.62. The monoisotopic (exact) mass is 209 g/mol. The van der Waals surface area contributed by atoms with Crippen LogP contribution in [0.15, 0.2) is 12.3 Å². The van der Waals surface area contributed by atoms with Crippen LogP contribution in [0.25, 0.3) is 0 Å². The molecule has 0 aliphatic rings. The van der Waals surface area contributed by atoms with Crippen molar-refractivity contribution < 1.29 is 9.53 Å². The molecule has 1 aromatic rings. The predicted molar refractivity (Wildman–Crippen MR) is 56.5 cm³/mol. The van der Waals surface area contributed by atoms with Gasteiger partial charge in [-0.25, -0.2) is 9.97 Å². The van der Waals surface area contributed by atoms with E-state index in [4.69, 9.17) is 4.74 Å². The number of carbonyl (C=O) groups is 1. The van der Waals surface area contributed by atoms with E-state index in [0.29, 0.717) is 5.95 Å². The normalized spacial score (nSPS) is 11.2. The number of hydrogen-bond donors (Lipinski definition) is 1. The van der Waals surface area contributed by atoms with Crippen molar-refractivity contribution in [3.8, 4) is 0 Å². The smallest absolute Gasteiger partial charge is 0.258 e. The van der Waals surface area contributed by atoms with Crippen molar-refractivity contribution in [2.75, 3.05) is 12.4 Å². The number of aromatic nitrogens is 2. The molecule has 0 aliphatic heterocycles. The highest BCUT2D eigenvalue weighted by Crippen LogP contribution is 2.10. The summed E-state index contributed by atoms with van der Waals surface area (Å²) in [4.78, 5) is 19.7. The summed E-state index contributed by atoms with van der Waals surface area (Å²) in [5.74, 6) is 0.0284. The van der Waals surface area contributed by atoms with Crippen LogP contribution in [0, 0.1) is 6.92 Å². The van der Waals surface area contributed by atoms with E-state index >= 15 is 0 Å². The first kappa shape index (κ1) is 11.6. The van der Waals surface area contributed by atoms with Crippen molar-refractivity contribution >= 4 is 11.9 Å². The lowest BCUT2D eigenvalue weighted by molar-refractivity contribution is -0.133. The molecule has 1 N–H and O–H groups in total. The second-order valence-corrected chi connectivity index (χ2v) is 3.69. The van der Waals surface area contributed by atoms with Crippen LogP contribution in [-0.2, 0) is 9.53 Å². The van der Waals surface area contributed by atoms with Crippen LogP contribution in [0.4, 0.5) is 5.95 Å². The Hall–Kier alpha value is -1.49. The largest absolute Gasteiger partial charge is 0.369 e. The van der Waals surface area contributed by atoms with Crippen molar-refractivity contribution in [2.45, 2.75) is 26.4 Å². The standard InChI is InChI=1S/C10H15N3O2/c1-7-5-6-11-9(12-7)13-8(14)10(2,3)15-4/h5-6H,1-4H3,(H,11,12,13,14). The van der Waals surface area contributed by atoms with Crippen LogP contribution in [0.3, 0.4) is 0 Å². The number of nitrogens with one attached hydrogen (secondary N) is 1. The summed E-state index contributed by atoms with van der Waals surface area (Å²) >= 11 is 0. The lowest BCUT2D eigenvalue weighted by Gasteiger charge is -2.20. The highest BCUT2D eigenvalue weighted by molar-refractivity contribution is 5.95. The van der Waals surface area contributed by atoms with Crippen molar-refractivity contribution in [3.63, 3.8) is 0 Å². The van der Waals surface area contributed by atoms with Gasteiger partial charge in [-0.1, -0.05) is 0 Å². The maximum absolute atomic E-state index is 11.7. The summed E-state index contributed by atoms with van der Waals surface area (Å²) in [7, 11) is 1.48. The van der Waals surface area contributed by atoms with Gasteiger partial charge >= 0.3 is 0 Å². The van der Waals surface area contributed by atoms with Gasteiger partial charge in [0.05, 0.1) is 0 Å². The first-order valence-corrected chi connectivity index (χ1v) is 4.62. The fraction of sp³-hybridized carbons (Fsp3) is 0.500. The average Bonchev–Trinajstić information content (AvgIpc) is 2.17. The number of methoxy groups -OCH3 is 1. The molecular formula is C10H15N3O2. The Morgan fingerprint density at radius 2 is 2.20 bits per heavy atom. The van der Waals surface area contributed by atoms with E-state index in [-0.39, 0.29) is 5.91 Å². The van der Waals surface area contributed by atoms with Crippen LogP contribution in [0.2, 0.25) is 0 Å². The van der Waals surface area contributed by atoms with Gasteiger partial charge in [-0.05, 0) is 26.8 Å². The molecule has 0 bridgehead atoms. The number of nitrogens with zero attached hydrogens (tertiary/aromatic N) is 2. The van der Waals surface area contributed by atoms with Crippen molar-refractivity contribution in [3.05, 3.63) is 18.0 Å². The quantitative estimate of drug-likeness (QED) is 0.811. The second-order valence-electron chi connectivity index (χ2n) is 3.69. The van der Waals surface area contributed by atoms with Crippen LogP contribution in [-0.4, -0.2) is 28.6 Å². The van der Waals surface area contributed by atoms with E-state index in [1.807, 2.05) is 6.92 Å². The van der Waals surface area contributed by atoms with Gasteiger partial charge in [-0.15, -0.1) is 0 Å². The molecule has 1 amide bonds. The molecule has 0 aliphatic carbocycles. The third kappa shape index (κ3) is 2.99. The maximum atomic E-state index is 11.7. The number of hydrogen-bond acceptors (Lipinski definition) is 4. The second kappa shape index (κ2) is 4.35. The van der Waals surface area contributed by atoms with Crippen LogP contribution in [0.5, 0.6) is 0 Å². The summed E-state index contributed by atoms with van der Waals surface area (Å²) < 4.78 is 5.03. The zero-order valence-electron chi connectivity index (χ0n) is 9.37. The van der Waals surface area contributed by atoms with E-state index in [9.17, 15) is 4.79 Å². The Labute approximate surface area is 88.9 Å². The summed E-state index contributed by atoms with van der Waals surface area (Å²) in [6.45, 7) is 5.19. The zero-order chi connectivity index (χ0) is 11.5. The van der Waals surface area contributed by atoms with E-state index in [1.54, 1.807) is 26.1 Å². The third-order valence-corrected chi connectivity index (χ3v) is 2.08. The van der Waals surface area contributed by atoms with Gasteiger partial charge in [0.15, 0.2) is 0 Å². The number of aryl methyl sites for hydroxylation is 1. The molecule has 0 radical (unpaired) electrons. The topological polar surface area (TPSA) is 64.1 Å². The van der Waals surface area contributed by atoms with Crippen molar-refractivity contribution in [1.29, 1.82) is 0 Å². The number of carbonyl (C=O) groups excluding carboxylic acids is 1. The van der Waals surface area contributed by atoms with E-state index < -0.39 is 5.60 Å². The Morgan fingerprint density at radius 1 is 1.53 bits per heavy atom. The van der Waals surface area contributed by atoms with Crippen molar-refractivity contribution in [2.24, 2.45) is 0 Å². The molecule has 82 valence electrons. The predicted octanol–water partition coefficient (Wildman–Crippen LogP) is 1.15. The van der Waals surface area contributed by atoms with Gasteiger partial charge in [-0.2, -0.15) is 0 Å². The lowest BCUT2D eigenvalue weighted by atomic mass is 10.1. The Kier molecular flexibility index (Phi) is 3.36.